The molecule has 22 heteroatoms. The zero-order valence-corrected chi connectivity index (χ0v) is 43.9. The number of epoxide rings is 1. The van der Waals surface area contributed by atoms with E-state index < -0.39 is 159 Å². The normalized spacial score (nSPS) is 58.9. The summed E-state index contributed by atoms with van der Waals surface area (Å²) in [5.41, 5.74) is -1.72. The average molecular weight is 1070 g/mol. The summed E-state index contributed by atoms with van der Waals surface area (Å²) in [4.78, 5) is 14.2. The van der Waals surface area contributed by atoms with E-state index in [2.05, 4.69) is 41.2 Å². The maximum Gasteiger partial charge on any atom is 0.313 e. The fourth-order valence-corrected chi connectivity index (χ4v) is 17.6. The molecular formula is C53H82O22. The van der Waals surface area contributed by atoms with Gasteiger partial charge in [-0.15, -0.1) is 0 Å². The van der Waals surface area contributed by atoms with E-state index in [1.54, 1.807) is 0 Å². The van der Waals surface area contributed by atoms with Crippen LogP contribution in [-0.4, -0.2) is 222 Å². The third-order valence-corrected chi connectivity index (χ3v) is 22.0. The summed E-state index contributed by atoms with van der Waals surface area (Å²) in [5.74, 6) is 0.0417. The van der Waals surface area contributed by atoms with Crippen LogP contribution in [0.25, 0.3) is 0 Å². The monoisotopic (exact) mass is 1070 g/mol. The minimum atomic E-state index is -1.99. The van der Waals surface area contributed by atoms with Crippen molar-refractivity contribution in [3.05, 3.63) is 12.2 Å². The molecule has 11 N–H and O–H groups in total. The second-order valence-corrected chi connectivity index (χ2v) is 25.8. The van der Waals surface area contributed by atoms with Crippen LogP contribution in [0.1, 0.15) is 106 Å². The molecule has 11 aliphatic rings. The Morgan fingerprint density at radius 3 is 1.75 bits per heavy atom. The van der Waals surface area contributed by atoms with Crippen molar-refractivity contribution in [1.29, 1.82) is 0 Å². The van der Waals surface area contributed by atoms with Crippen molar-refractivity contribution in [3.8, 4) is 0 Å². The van der Waals surface area contributed by atoms with Gasteiger partial charge >= 0.3 is 5.97 Å². The lowest BCUT2D eigenvalue weighted by Crippen LogP contribution is -2.74. The van der Waals surface area contributed by atoms with Gasteiger partial charge in [0.1, 0.15) is 91.6 Å². The molecule has 0 radical (unpaired) electrons. The lowest BCUT2D eigenvalue weighted by atomic mass is 9.31. The molecule has 11 fully saturated rings. The number of esters is 1. The van der Waals surface area contributed by atoms with Crippen molar-refractivity contribution in [2.75, 3.05) is 13.2 Å². The van der Waals surface area contributed by atoms with Crippen molar-refractivity contribution >= 4 is 5.97 Å². The first kappa shape index (κ1) is 55.3. The van der Waals surface area contributed by atoms with E-state index in [-0.39, 0.29) is 52.2 Å². The molecule has 11 rings (SSSR count). The van der Waals surface area contributed by atoms with Crippen LogP contribution in [0.5, 0.6) is 0 Å². The number of allylic oxidation sites excluding steroid dienone is 1. The Hall–Kier alpha value is -1.59. The van der Waals surface area contributed by atoms with Gasteiger partial charge in [0, 0.05) is 11.3 Å². The van der Waals surface area contributed by atoms with Crippen LogP contribution in [0.2, 0.25) is 0 Å². The maximum atomic E-state index is 14.2. The van der Waals surface area contributed by atoms with Crippen LogP contribution in [-0.2, 0) is 52.2 Å². The Morgan fingerprint density at radius 2 is 1.13 bits per heavy atom. The molecule has 426 valence electrons. The van der Waals surface area contributed by atoms with Crippen LogP contribution < -0.4 is 0 Å². The molecule has 0 aromatic carbocycles. The van der Waals surface area contributed by atoms with Crippen molar-refractivity contribution in [2.45, 2.75) is 253 Å². The van der Waals surface area contributed by atoms with Crippen molar-refractivity contribution in [2.24, 2.45) is 44.8 Å². The predicted molar refractivity (Wildman–Crippen MR) is 253 cm³/mol. The number of rotatable bonds is 10. The van der Waals surface area contributed by atoms with Gasteiger partial charge in [-0.25, -0.2) is 0 Å². The Balaban J connectivity index is 0.933. The molecule has 2 bridgehead atoms. The van der Waals surface area contributed by atoms with Crippen molar-refractivity contribution in [1.82, 2.24) is 0 Å². The Kier molecular flexibility index (Phi) is 14.0. The topological polar surface area (TPSA) is 335 Å². The van der Waals surface area contributed by atoms with Gasteiger partial charge < -0.3 is 104 Å². The highest BCUT2D eigenvalue weighted by atomic mass is 16.8. The number of aliphatic hydroxyl groups is 11. The fourth-order valence-electron chi connectivity index (χ4n) is 17.6. The minimum absolute atomic E-state index is 0.00303. The number of aliphatic hydroxyl groups excluding tert-OH is 11. The smallest absolute Gasteiger partial charge is 0.313 e. The molecule has 5 aliphatic carbocycles. The van der Waals surface area contributed by atoms with Crippen molar-refractivity contribution in [3.63, 3.8) is 0 Å². The molecule has 5 saturated carbocycles. The predicted octanol–water partition coefficient (Wildman–Crippen LogP) is -1.22. The highest BCUT2D eigenvalue weighted by Gasteiger charge is 2.89. The Morgan fingerprint density at radius 1 is 0.573 bits per heavy atom. The van der Waals surface area contributed by atoms with E-state index in [0.29, 0.717) is 12.8 Å². The number of fused-ring (bicyclic) bond motifs is 6. The Bertz CT molecular complexity index is 2170. The largest absolute Gasteiger partial charge is 0.455 e. The van der Waals surface area contributed by atoms with Gasteiger partial charge in [0.2, 0.25) is 0 Å². The summed E-state index contributed by atoms with van der Waals surface area (Å²) in [6.45, 7) is 17.1. The zero-order chi connectivity index (χ0) is 54.0. The molecule has 75 heavy (non-hydrogen) atoms. The molecule has 31 atom stereocenters. The summed E-state index contributed by atoms with van der Waals surface area (Å²) in [6, 6.07) is 0. The second kappa shape index (κ2) is 19.0. The quantitative estimate of drug-likeness (QED) is 0.0529. The van der Waals surface area contributed by atoms with Crippen LogP contribution in [0, 0.1) is 44.8 Å². The standard InChI is InChI=1S/C53H82O22/c1-20-9-14-52-16-15-51(8)50(7)13-10-25-48(4,5)27(11-12-49(25,6)41(50)40-42(71-40)53(51,26(52)17-20)75-47(52)65)70-46-39(74-44-35(63)32(60)29(57)22(3)67-44)38(73-45-36(64)33(61)30(58)23(18-54)68-45)37(24(19-55)69-46)72-43-34(62)31(59)28(56)21(2)66-43/h21-46,54-64H,1,9-19H2,2-8H3/t21-,22-,23+,24+,25?,26+,27-,28-,29-,30-,31+,32+,33-,34+,35+,36+,37+,38-,39+,40-,41+,42-,43-,44-,45-,46-,49-,50+,51-,52-,53+/m0/s1. The lowest BCUT2D eigenvalue weighted by molar-refractivity contribution is -0.413. The van der Waals surface area contributed by atoms with Gasteiger partial charge in [-0.1, -0.05) is 46.8 Å². The molecule has 0 aromatic heterocycles. The second-order valence-electron chi connectivity index (χ2n) is 25.8. The van der Waals surface area contributed by atoms with Crippen LogP contribution in [0.4, 0.5) is 0 Å². The maximum absolute atomic E-state index is 14.2. The minimum Gasteiger partial charge on any atom is -0.455 e. The summed E-state index contributed by atoms with van der Waals surface area (Å²) in [7, 11) is 0. The highest BCUT2D eigenvalue weighted by Crippen LogP contribution is 2.83. The summed E-state index contributed by atoms with van der Waals surface area (Å²) in [5, 5.41) is 120. The molecule has 1 unspecified atom stereocenters. The van der Waals surface area contributed by atoms with E-state index in [9.17, 15) is 61.0 Å². The van der Waals surface area contributed by atoms with Crippen LogP contribution in [0.15, 0.2) is 12.2 Å². The third kappa shape index (κ3) is 7.81. The fraction of sp³-hybridized carbons (Fsp3) is 0.943. The van der Waals surface area contributed by atoms with Gasteiger partial charge in [0.15, 0.2) is 30.8 Å². The first-order chi connectivity index (χ1) is 35.3. The van der Waals surface area contributed by atoms with Gasteiger partial charge in [-0.3, -0.25) is 4.79 Å². The highest BCUT2D eigenvalue weighted by molar-refractivity contribution is 5.82. The lowest BCUT2D eigenvalue weighted by Gasteiger charge is -2.72. The van der Waals surface area contributed by atoms with Crippen LogP contribution >= 0.6 is 0 Å². The van der Waals surface area contributed by atoms with E-state index in [0.717, 1.165) is 50.5 Å². The number of hydrogen-bond donors (Lipinski definition) is 11. The molecule has 6 saturated heterocycles. The van der Waals surface area contributed by atoms with Crippen LogP contribution in [0.3, 0.4) is 0 Å². The molecule has 6 heterocycles. The van der Waals surface area contributed by atoms with E-state index in [4.69, 9.17) is 47.4 Å². The average Bonchev–Trinajstić information content (AvgIpc) is 4.16. The first-order valence-electron chi connectivity index (χ1n) is 27.4. The molecular weight excluding hydrogens is 989 g/mol. The van der Waals surface area contributed by atoms with Gasteiger partial charge in [-0.05, 0) is 99.7 Å². The van der Waals surface area contributed by atoms with E-state index >= 15 is 0 Å². The summed E-state index contributed by atoms with van der Waals surface area (Å²) >= 11 is 0. The molecule has 6 aliphatic heterocycles. The number of carbonyl (C=O) groups is 1. The molecule has 0 amide bonds. The number of carbonyl (C=O) groups excluding carboxylic acids is 1. The van der Waals surface area contributed by atoms with Gasteiger partial charge in [-0.2, -0.15) is 0 Å². The summed E-state index contributed by atoms with van der Waals surface area (Å²) < 4.78 is 64.7. The zero-order valence-electron chi connectivity index (χ0n) is 43.9. The van der Waals surface area contributed by atoms with E-state index in [1.165, 1.54) is 13.8 Å². The number of ether oxygens (including phenoxy) is 10. The van der Waals surface area contributed by atoms with Crippen molar-refractivity contribution < 1.29 is 108 Å². The molecule has 22 nitrogen and oxygen atoms in total. The SMILES string of the molecule is C=C1CC[C@@]23CC[C@]4(C)[C@@](OC2=O)([C@@H]3C1)[C@H]1O[C@H]1[C@@H]1[C@@]2(C)CC[C@H](O[C@@H]3O[C@H](CO)[C@@H](O[C@@H]5O[C@@H](C)[C@H](O)[C@@H](O)[C@H]5O)[C@H](O[C@@H]5O[C@H](CO)[C@H](O)[C@H](O)[C@H]5O)[C@H]3O[C@@H]3O[C@@H](C)[C@H](O)[C@@H](O)[C@H]3O)C(C)(C)C2CC[C@]14C. The number of hydrogen-bond acceptors (Lipinski definition) is 22. The van der Waals surface area contributed by atoms with Gasteiger partial charge in [0.25, 0.3) is 0 Å². The Labute approximate surface area is 436 Å². The summed E-state index contributed by atoms with van der Waals surface area (Å²) in [6.07, 6.45) is -27.4. The molecule has 1 spiro atoms. The van der Waals surface area contributed by atoms with Gasteiger partial charge in [0.05, 0.1) is 43.0 Å². The molecule has 0 aromatic rings. The third-order valence-electron chi connectivity index (χ3n) is 22.0. The first-order valence-corrected chi connectivity index (χ1v) is 27.4. The van der Waals surface area contributed by atoms with E-state index in [1.807, 2.05) is 0 Å².